The lowest BCUT2D eigenvalue weighted by molar-refractivity contribution is 0.620. The quantitative estimate of drug-likeness (QED) is 0.738. The molecule has 1 aromatic carbocycles. The molecule has 4 nitrogen and oxygen atoms in total. The van der Waals surface area contributed by atoms with Crippen molar-refractivity contribution < 1.29 is 4.39 Å². The molecule has 96 valence electrons. The Bertz CT molecular complexity index is 843. The molecule has 3 rings (SSSR count). The molecule has 0 bridgehead atoms. The molecule has 0 radical (unpaired) electrons. The van der Waals surface area contributed by atoms with E-state index in [1.54, 1.807) is 16.7 Å². The van der Waals surface area contributed by atoms with E-state index >= 15 is 0 Å². The standard InChI is InChI=1S/C12H6BrClFN3O/c13-8-3-6(1-2-9(8)15)18-10(14)4-7-11(18)16-5-17-12(7)19/h1-5H,(H,16,17,19). The smallest absolute Gasteiger partial charge is 0.260 e. The molecule has 0 atom stereocenters. The maximum absolute atomic E-state index is 13.3. The summed E-state index contributed by atoms with van der Waals surface area (Å²) in [6.45, 7) is 0. The molecule has 0 saturated heterocycles. The number of halogens is 3. The fraction of sp³-hybridized carbons (Fsp3) is 0. The van der Waals surface area contributed by atoms with E-state index in [1.807, 2.05) is 0 Å². The highest BCUT2D eigenvalue weighted by Gasteiger charge is 2.13. The zero-order chi connectivity index (χ0) is 13.6. The van der Waals surface area contributed by atoms with Gasteiger partial charge in [0.25, 0.3) is 5.56 Å². The largest absolute Gasteiger partial charge is 0.313 e. The number of hydrogen-bond donors (Lipinski definition) is 1. The van der Waals surface area contributed by atoms with Crippen LogP contribution >= 0.6 is 27.5 Å². The molecule has 19 heavy (non-hydrogen) atoms. The Morgan fingerprint density at radius 2 is 2.16 bits per heavy atom. The van der Waals surface area contributed by atoms with E-state index in [4.69, 9.17) is 11.6 Å². The minimum absolute atomic E-state index is 0.271. The van der Waals surface area contributed by atoms with E-state index in [1.165, 1.54) is 18.5 Å². The second kappa shape index (κ2) is 4.47. The Kier molecular flexibility index (Phi) is 2.91. The summed E-state index contributed by atoms with van der Waals surface area (Å²) in [5.41, 5.74) is 0.769. The summed E-state index contributed by atoms with van der Waals surface area (Å²) >= 11 is 9.24. The molecule has 0 unspecified atom stereocenters. The van der Waals surface area contributed by atoms with Crippen molar-refractivity contribution in [3.63, 3.8) is 0 Å². The first-order valence-corrected chi connectivity index (χ1v) is 6.45. The lowest BCUT2D eigenvalue weighted by Gasteiger charge is -2.07. The normalized spacial score (nSPS) is 11.1. The molecular weight excluding hydrogens is 337 g/mol. The molecule has 1 N–H and O–H groups in total. The summed E-state index contributed by atoms with van der Waals surface area (Å²) in [5, 5.41) is 0.714. The third-order valence-electron chi connectivity index (χ3n) is 2.72. The summed E-state index contributed by atoms with van der Waals surface area (Å²) in [4.78, 5) is 18.2. The van der Waals surface area contributed by atoms with Gasteiger partial charge in [-0.05, 0) is 40.2 Å². The first-order chi connectivity index (χ1) is 9.08. The average molecular weight is 343 g/mol. The Hall–Kier alpha value is -1.66. The summed E-state index contributed by atoms with van der Waals surface area (Å²) in [5.74, 6) is -0.373. The van der Waals surface area contributed by atoms with Crippen LogP contribution in [0, 0.1) is 5.82 Å². The average Bonchev–Trinajstić information content (AvgIpc) is 2.71. The number of aromatic nitrogens is 3. The van der Waals surface area contributed by atoms with E-state index in [0.717, 1.165) is 0 Å². The van der Waals surface area contributed by atoms with E-state index in [9.17, 15) is 9.18 Å². The molecule has 0 spiro atoms. The summed E-state index contributed by atoms with van der Waals surface area (Å²) in [6.07, 6.45) is 1.30. The molecular formula is C12H6BrClFN3O. The van der Waals surface area contributed by atoms with Crippen LogP contribution in [-0.2, 0) is 0 Å². The van der Waals surface area contributed by atoms with Gasteiger partial charge in [-0.2, -0.15) is 0 Å². The van der Waals surface area contributed by atoms with Crippen molar-refractivity contribution in [1.29, 1.82) is 0 Å². The minimum atomic E-state index is -0.373. The highest BCUT2D eigenvalue weighted by molar-refractivity contribution is 9.10. The van der Waals surface area contributed by atoms with Crippen LogP contribution in [0.5, 0.6) is 0 Å². The number of fused-ring (bicyclic) bond motifs is 1. The maximum Gasteiger partial charge on any atom is 0.260 e. The van der Waals surface area contributed by atoms with Gasteiger partial charge in [-0.1, -0.05) is 11.6 Å². The zero-order valence-electron chi connectivity index (χ0n) is 9.32. The van der Waals surface area contributed by atoms with Gasteiger partial charge in [0, 0.05) is 5.69 Å². The van der Waals surface area contributed by atoms with Crippen LogP contribution in [0.2, 0.25) is 5.15 Å². The molecule has 0 saturated carbocycles. The maximum atomic E-state index is 13.3. The molecule has 0 aliphatic rings. The third kappa shape index (κ3) is 1.97. The molecule has 2 aromatic heterocycles. The Morgan fingerprint density at radius 1 is 1.37 bits per heavy atom. The molecule has 7 heteroatoms. The Morgan fingerprint density at radius 3 is 2.89 bits per heavy atom. The van der Waals surface area contributed by atoms with Crippen LogP contribution in [0.25, 0.3) is 16.7 Å². The SMILES string of the molecule is O=c1[nH]cnc2c1cc(Cl)n2-c1ccc(F)c(Br)c1. The van der Waals surface area contributed by atoms with Gasteiger partial charge in [-0.3, -0.25) is 9.36 Å². The topological polar surface area (TPSA) is 50.7 Å². The highest BCUT2D eigenvalue weighted by atomic mass is 79.9. The van der Waals surface area contributed by atoms with Gasteiger partial charge in [0.1, 0.15) is 11.0 Å². The number of aromatic amines is 1. The molecule has 0 aliphatic heterocycles. The van der Waals surface area contributed by atoms with Crippen LogP contribution in [0.4, 0.5) is 4.39 Å². The molecule has 2 heterocycles. The van der Waals surface area contributed by atoms with Gasteiger partial charge >= 0.3 is 0 Å². The minimum Gasteiger partial charge on any atom is -0.313 e. The number of rotatable bonds is 1. The number of hydrogen-bond acceptors (Lipinski definition) is 2. The van der Waals surface area contributed by atoms with Gasteiger partial charge in [0.15, 0.2) is 5.65 Å². The second-order valence-corrected chi connectivity index (χ2v) is 5.11. The van der Waals surface area contributed by atoms with Crippen LogP contribution in [-0.4, -0.2) is 14.5 Å². The second-order valence-electron chi connectivity index (χ2n) is 3.87. The van der Waals surface area contributed by atoms with E-state index in [-0.39, 0.29) is 11.4 Å². The molecule has 0 amide bonds. The monoisotopic (exact) mass is 341 g/mol. The Labute approximate surface area is 120 Å². The van der Waals surface area contributed by atoms with E-state index in [0.29, 0.717) is 26.3 Å². The summed E-state index contributed by atoms with van der Waals surface area (Å²) in [6, 6.07) is 5.98. The van der Waals surface area contributed by atoms with Crippen molar-refractivity contribution in [1.82, 2.24) is 14.5 Å². The molecule has 0 fully saturated rings. The first kappa shape index (κ1) is 12.4. The lowest BCUT2D eigenvalue weighted by atomic mass is 10.3. The molecule has 0 aliphatic carbocycles. The van der Waals surface area contributed by atoms with Gasteiger partial charge in [0.2, 0.25) is 0 Å². The highest BCUT2D eigenvalue weighted by Crippen LogP contribution is 2.27. The van der Waals surface area contributed by atoms with E-state index in [2.05, 4.69) is 25.9 Å². The number of nitrogens with one attached hydrogen (secondary N) is 1. The van der Waals surface area contributed by atoms with Crippen molar-refractivity contribution in [3.8, 4) is 5.69 Å². The zero-order valence-corrected chi connectivity index (χ0v) is 11.7. The Balaban J connectivity index is 2.36. The number of nitrogens with zero attached hydrogens (tertiary/aromatic N) is 2. The van der Waals surface area contributed by atoms with Crippen molar-refractivity contribution in [3.05, 3.63) is 56.4 Å². The van der Waals surface area contributed by atoms with Crippen LogP contribution in [0.1, 0.15) is 0 Å². The predicted octanol–water partition coefficient (Wildman–Crippen LogP) is 3.27. The summed E-state index contributed by atoms with van der Waals surface area (Å²) < 4.78 is 15.2. The van der Waals surface area contributed by atoms with Gasteiger partial charge < -0.3 is 4.98 Å². The van der Waals surface area contributed by atoms with Crippen molar-refractivity contribution >= 4 is 38.6 Å². The van der Waals surface area contributed by atoms with Crippen molar-refractivity contribution in [2.45, 2.75) is 0 Å². The van der Waals surface area contributed by atoms with Crippen molar-refractivity contribution in [2.75, 3.05) is 0 Å². The summed E-state index contributed by atoms with van der Waals surface area (Å²) in [7, 11) is 0. The fourth-order valence-corrected chi connectivity index (χ4v) is 2.52. The van der Waals surface area contributed by atoms with Crippen LogP contribution in [0.15, 0.2) is 39.9 Å². The van der Waals surface area contributed by atoms with Gasteiger partial charge in [0.05, 0.1) is 16.2 Å². The number of H-pyrrole nitrogens is 1. The number of benzene rings is 1. The van der Waals surface area contributed by atoms with Crippen molar-refractivity contribution in [2.24, 2.45) is 0 Å². The lowest BCUT2D eigenvalue weighted by Crippen LogP contribution is -2.06. The first-order valence-electron chi connectivity index (χ1n) is 5.28. The fourth-order valence-electron chi connectivity index (χ4n) is 1.86. The third-order valence-corrected chi connectivity index (χ3v) is 3.60. The van der Waals surface area contributed by atoms with Crippen LogP contribution < -0.4 is 5.56 Å². The van der Waals surface area contributed by atoms with Crippen LogP contribution in [0.3, 0.4) is 0 Å². The van der Waals surface area contributed by atoms with Gasteiger partial charge in [-0.25, -0.2) is 9.37 Å². The predicted molar refractivity (Wildman–Crippen MR) is 74.4 cm³/mol. The van der Waals surface area contributed by atoms with E-state index < -0.39 is 0 Å². The molecule has 3 aromatic rings. The van der Waals surface area contributed by atoms with Gasteiger partial charge in [-0.15, -0.1) is 0 Å².